The summed E-state index contributed by atoms with van der Waals surface area (Å²) in [6.45, 7) is 12.9. The van der Waals surface area contributed by atoms with E-state index in [9.17, 15) is 0 Å². The van der Waals surface area contributed by atoms with Crippen LogP contribution in [0.2, 0.25) is 0 Å². The third kappa shape index (κ3) is 7.84. The van der Waals surface area contributed by atoms with E-state index in [1.807, 2.05) is 0 Å². The fourth-order valence-electron chi connectivity index (χ4n) is 2.27. The lowest BCUT2D eigenvalue weighted by Crippen LogP contribution is -2.29. The summed E-state index contributed by atoms with van der Waals surface area (Å²) in [5.41, 5.74) is 0. The van der Waals surface area contributed by atoms with Crippen LogP contribution in [0.1, 0.15) is 66.2 Å². The maximum Gasteiger partial charge on any atom is 0.000942 e. The maximum atomic E-state index is 2.58. The normalized spacial score (nSPS) is 13.4. The molecule has 0 fully saturated rings. The third-order valence-electron chi connectivity index (χ3n) is 3.32. The molecule has 0 saturated heterocycles. The highest BCUT2D eigenvalue weighted by atomic mass is 15.1. The van der Waals surface area contributed by atoms with Crippen molar-refractivity contribution in [3.63, 3.8) is 0 Å². The van der Waals surface area contributed by atoms with E-state index in [4.69, 9.17) is 0 Å². The lowest BCUT2D eigenvalue weighted by Gasteiger charge is -2.25. The van der Waals surface area contributed by atoms with E-state index in [0.29, 0.717) is 0 Å². The monoisotopic (exact) mass is 213 g/mol. The van der Waals surface area contributed by atoms with Crippen molar-refractivity contribution in [2.75, 3.05) is 19.6 Å². The molecule has 0 aliphatic carbocycles. The minimum Gasteiger partial charge on any atom is -0.304 e. The Labute approximate surface area is 97.2 Å². The molecule has 1 atom stereocenters. The molecule has 0 saturated carbocycles. The predicted molar refractivity (Wildman–Crippen MR) is 70.3 cm³/mol. The van der Waals surface area contributed by atoms with Gasteiger partial charge in [-0.2, -0.15) is 0 Å². The summed E-state index contributed by atoms with van der Waals surface area (Å²) in [5.74, 6) is 0.946. The van der Waals surface area contributed by atoms with E-state index in [1.165, 1.54) is 58.2 Å². The largest absolute Gasteiger partial charge is 0.304 e. The van der Waals surface area contributed by atoms with E-state index in [0.717, 1.165) is 5.92 Å². The fourth-order valence-corrected chi connectivity index (χ4v) is 2.27. The van der Waals surface area contributed by atoms with Crippen LogP contribution in [-0.4, -0.2) is 24.5 Å². The van der Waals surface area contributed by atoms with Gasteiger partial charge in [0, 0.05) is 6.54 Å². The first-order chi connectivity index (χ1) is 7.28. The van der Waals surface area contributed by atoms with Gasteiger partial charge in [0.15, 0.2) is 0 Å². The predicted octanol–water partition coefficient (Wildman–Crippen LogP) is 4.32. The molecule has 0 aromatic rings. The Bertz CT molecular complexity index is 119. The molecule has 15 heavy (non-hydrogen) atoms. The molecule has 0 aliphatic heterocycles. The van der Waals surface area contributed by atoms with Crippen molar-refractivity contribution < 1.29 is 0 Å². The average Bonchev–Trinajstić information content (AvgIpc) is 2.26. The van der Waals surface area contributed by atoms with Gasteiger partial charge in [-0.3, -0.25) is 0 Å². The molecular formula is C14H31N. The average molecular weight is 213 g/mol. The molecule has 0 spiro atoms. The van der Waals surface area contributed by atoms with Crippen molar-refractivity contribution in [3.05, 3.63) is 0 Å². The van der Waals surface area contributed by atoms with Gasteiger partial charge < -0.3 is 4.90 Å². The van der Waals surface area contributed by atoms with E-state index < -0.39 is 0 Å². The van der Waals surface area contributed by atoms with Gasteiger partial charge in [-0.25, -0.2) is 0 Å². The molecule has 0 aliphatic rings. The Hall–Kier alpha value is -0.0400. The highest BCUT2D eigenvalue weighted by molar-refractivity contribution is 4.64. The van der Waals surface area contributed by atoms with Gasteiger partial charge in [0.25, 0.3) is 0 Å². The quantitative estimate of drug-likeness (QED) is 0.488. The zero-order valence-electron chi connectivity index (χ0n) is 11.4. The summed E-state index contributed by atoms with van der Waals surface area (Å²) >= 11 is 0. The molecule has 0 rings (SSSR count). The lowest BCUT2D eigenvalue weighted by molar-refractivity contribution is 0.233. The second kappa shape index (κ2) is 10.5. The molecule has 0 bridgehead atoms. The summed E-state index contributed by atoms with van der Waals surface area (Å²) in [6.07, 6.45) is 8.40. The Morgan fingerprint density at radius 3 is 1.93 bits per heavy atom. The van der Waals surface area contributed by atoms with E-state index in [-0.39, 0.29) is 0 Å². The van der Waals surface area contributed by atoms with Crippen LogP contribution in [0.25, 0.3) is 0 Å². The van der Waals surface area contributed by atoms with Crippen molar-refractivity contribution in [1.29, 1.82) is 0 Å². The Morgan fingerprint density at radius 2 is 1.47 bits per heavy atom. The van der Waals surface area contributed by atoms with Crippen LogP contribution < -0.4 is 0 Å². The van der Waals surface area contributed by atoms with Crippen molar-refractivity contribution >= 4 is 0 Å². The smallest absolute Gasteiger partial charge is 0.000942 e. The number of unbranched alkanes of at least 4 members (excludes halogenated alkanes) is 2. The van der Waals surface area contributed by atoms with E-state index in [1.54, 1.807) is 0 Å². The van der Waals surface area contributed by atoms with Gasteiger partial charge >= 0.3 is 0 Å². The highest BCUT2D eigenvalue weighted by Gasteiger charge is 2.10. The Morgan fingerprint density at radius 1 is 0.800 bits per heavy atom. The first-order valence-corrected chi connectivity index (χ1v) is 7.00. The zero-order chi connectivity index (χ0) is 11.5. The topological polar surface area (TPSA) is 3.24 Å². The number of hydrogen-bond acceptors (Lipinski definition) is 1. The SMILES string of the molecule is CCCCCC(CCC)CN(CC)CC. The molecule has 0 aromatic carbocycles. The van der Waals surface area contributed by atoms with Crippen LogP contribution >= 0.6 is 0 Å². The summed E-state index contributed by atoms with van der Waals surface area (Å²) in [4.78, 5) is 2.58. The van der Waals surface area contributed by atoms with E-state index >= 15 is 0 Å². The van der Waals surface area contributed by atoms with Gasteiger partial charge in [0.05, 0.1) is 0 Å². The van der Waals surface area contributed by atoms with Crippen LogP contribution in [0.3, 0.4) is 0 Å². The zero-order valence-corrected chi connectivity index (χ0v) is 11.4. The maximum absolute atomic E-state index is 2.58. The first-order valence-electron chi connectivity index (χ1n) is 7.00. The van der Waals surface area contributed by atoms with Crippen molar-refractivity contribution in [3.8, 4) is 0 Å². The molecule has 0 amide bonds. The fraction of sp³-hybridized carbons (Fsp3) is 1.00. The van der Waals surface area contributed by atoms with Crippen LogP contribution in [0.5, 0.6) is 0 Å². The van der Waals surface area contributed by atoms with Gasteiger partial charge in [-0.05, 0) is 31.8 Å². The van der Waals surface area contributed by atoms with Gasteiger partial charge in [-0.15, -0.1) is 0 Å². The molecule has 1 nitrogen and oxygen atoms in total. The van der Waals surface area contributed by atoms with Crippen LogP contribution in [0.15, 0.2) is 0 Å². The van der Waals surface area contributed by atoms with Gasteiger partial charge in [-0.1, -0.05) is 53.4 Å². The van der Waals surface area contributed by atoms with Gasteiger partial charge in [0.2, 0.25) is 0 Å². The molecule has 1 unspecified atom stereocenters. The number of hydrogen-bond donors (Lipinski definition) is 0. The lowest BCUT2D eigenvalue weighted by atomic mass is 9.96. The molecule has 0 radical (unpaired) electrons. The highest BCUT2D eigenvalue weighted by Crippen LogP contribution is 2.17. The molecule has 0 aromatic heterocycles. The number of rotatable bonds is 10. The summed E-state index contributed by atoms with van der Waals surface area (Å²) in [5, 5.41) is 0. The number of nitrogens with zero attached hydrogens (tertiary/aromatic N) is 1. The van der Waals surface area contributed by atoms with Crippen molar-refractivity contribution in [1.82, 2.24) is 4.90 Å². The first kappa shape index (κ1) is 15.0. The molecule has 0 heterocycles. The Balaban J connectivity index is 3.79. The standard InChI is InChI=1S/C14H31N/c1-5-9-10-12-14(11-6-2)13-15(7-3)8-4/h14H,5-13H2,1-4H3. The Kier molecular flexibility index (Phi) is 10.4. The van der Waals surface area contributed by atoms with Crippen LogP contribution in [-0.2, 0) is 0 Å². The van der Waals surface area contributed by atoms with Gasteiger partial charge in [0.1, 0.15) is 0 Å². The summed E-state index contributed by atoms with van der Waals surface area (Å²) in [6, 6.07) is 0. The van der Waals surface area contributed by atoms with E-state index in [2.05, 4.69) is 32.6 Å². The molecular weight excluding hydrogens is 182 g/mol. The minimum absolute atomic E-state index is 0.946. The summed E-state index contributed by atoms with van der Waals surface area (Å²) < 4.78 is 0. The van der Waals surface area contributed by atoms with Crippen LogP contribution in [0.4, 0.5) is 0 Å². The van der Waals surface area contributed by atoms with Crippen LogP contribution in [0, 0.1) is 5.92 Å². The summed E-state index contributed by atoms with van der Waals surface area (Å²) in [7, 11) is 0. The van der Waals surface area contributed by atoms with Crippen molar-refractivity contribution in [2.45, 2.75) is 66.2 Å². The molecule has 1 heteroatoms. The molecule has 92 valence electrons. The molecule has 0 N–H and O–H groups in total. The third-order valence-corrected chi connectivity index (χ3v) is 3.32. The second-order valence-corrected chi connectivity index (χ2v) is 4.64. The van der Waals surface area contributed by atoms with Crippen molar-refractivity contribution in [2.24, 2.45) is 5.92 Å². The minimum atomic E-state index is 0.946. The second-order valence-electron chi connectivity index (χ2n) is 4.64.